The van der Waals surface area contributed by atoms with Crippen LogP contribution in [0.5, 0.6) is 0 Å². The molecular formula is C46H68N2O3. The summed E-state index contributed by atoms with van der Waals surface area (Å²) in [6, 6.07) is 28.8. The number of ketones is 2. The maximum Gasteiger partial charge on any atom is 0.159 e. The van der Waals surface area contributed by atoms with Crippen LogP contribution >= 0.6 is 0 Å². The molecule has 280 valence electrons. The number of carbonyl (C=O) groups is 2. The fourth-order valence-corrected chi connectivity index (χ4v) is 4.97. The first kappa shape index (κ1) is 47.1. The summed E-state index contributed by atoms with van der Waals surface area (Å²) in [5.41, 5.74) is 3.78. The van der Waals surface area contributed by atoms with Gasteiger partial charge >= 0.3 is 0 Å². The number of rotatable bonds is 4. The number of hydrogen-bond acceptors (Lipinski definition) is 5. The molecule has 0 saturated carbocycles. The highest BCUT2D eigenvalue weighted by Crippen LogP contribution is 2.10. The second kappa shape index (κ2) is 32.0. The fourth-order valence-electron chi connectivity index (χ4n) is 4.97. The Kier molecular flexibility index (Phi) is 29.6. The maximum absolute atomic E-state index is 10.7. The fraction of sp³-hybridized carbons (Fsp3) is 0.435. The Labute approximate surface area is 311 Å². The van der Waals surface area contributed by atoms with Gasteiger partial charge in [-0.2, -0.15) is 0 Å². The van der Waals surface area contributed by atoms with Crippen molar-refractivity contribution in [3.63, 3.8) is 0 Å². The van der Waals surface area contributed by atoms with Crippen LogP contribution in [0.3, 0.4) is 0 Å². The summed E-state index contributed by atoms with van der Waals surface area (Å²) < 4.78 is 0. The minimum Gasteiger partial charge on any atom is -0.389 e. The van der Waals surface area contributed by atoms with Gasteiger partial charge in [-0.25, -0.2) is 0 Å². The molecule has 3 aliphatic rings. The van der Waals surface area contributed by atoms with Crippen LogP contribution in [0, 0.1) is 0 Å². The number of aliphatic hydroxyl groups excluding tert-OH is 1. The summed E-state index contributed by atoms with van der Waals surface area (Å²) in [5, 5.41) is 9.02. The molecule has 0 bridgehead atoms. The van der Waals surface area contributed by atoms with Crippen LogP contribution in [0.1, 0.15) is 114 Å². The Morgan fingerprint density at radius 3 is 1.33 bits per heavy atom. The number of hydrogen-bond donors (Lipinski definition) is 1. The molecule has 5 nitrogen and oxygen atoms in total. The number of likely N-dealkylation sites (tertiary alicyclic amines) is 2. The van der Waals surface area contributed by atoms with Crippen molar-refractivity contribution in [3.8, 4) is 0 Å². The Balaban J connectivity index is 0.000000584. The lowest BCUT2D eigenvalue weighted by Gasteiger charge is -2.20. The summed E-state index contributed by atoms with van der Waals surface area (Å²) >= 11 is 0. The molecule has 2 heterocycles. The van der Waals surface area contributed by atoms with Crippen LogP contribution < -0.4 is 0 Å². The normalized spacial score (nSPS) is 15.3. The zero-order valence-electron chi connectivity index (χ0n) is 32.9. The second-order valence-corrected chi connectivity index (χ2v) is 12.5. The SMILES string of the molecule is C=Cc1ccccc1.CC.CC(=O)C1=CCCC=C1.CC(=O)c1ccccc1.CC(O)c1ccccc1.CN1CCCCC1.CN1CCCCC1. The van der Waals surface area contributed by atoms with Crippen molar-refractivity contribution in [1.82, 2.24) is 9.80 Å². The molecule has 1 aliphatic carbocycles. The van der Waals surface area contributed by atoms with E-state index >= 15 is 0 Å². The molecule has 5 heteroatoms. The van der Waals surface area contributed by atoms with E-state index in [1.165, 1.54) is 70.3 Å². The van der Waals surface area contributed by atoms with E-state index in [1.54, 1.807) is 20.8 Å². The van der Waals surface area contributed by atoms with Gasteiger partial charge in [-0.3, -0.25) is 9.59 Å². The van der Waals surface area contributed by atoms with E-state index in [0.29, 0.717) is 0 Å². The first-order valence-electron chi connectivity index (χ1n) is 18.8. The largest absolute Gasteiger partial charge is 0.389 e. The van der Waals surface area contributed by atoms with Gasteiger partial charge in [0.1, 0.15) is 0 Å². The van der Waals surface area contributed by atoms with Crippen LogP contribution in [0.4, 0.5) is 0 Å². The van der Waals surface area contributed by atoms with Gasteiger partial charge in [0.25, 0.3) is 0 Å². The number of carbonyl (C=O) groups excluding carboxylic acids is 2. The van der Waals surface area contributed by atoms with Crippen molar-refractivity contribution in [2.24, 2.45) is 0 Å². The Morgan fingerprint density at radius 1 is 0.667 bits per heavy atom. The van der Waals surface area contributed by atoms with E-state index in [9.17, 15) is 9.59 Å². The molecule has 1 N–H and O–H groups in total. The van der Waals surface area contributed by atoms with Crippen molar-refractivity contribution in [2.75, 3.05) is 40.3 Å². The van der Waals surface area contributed by atoms with Gasteiger partial charge in [0.15, 0.2) is 11.6 Å². The third-order valence-corrected chi connectivity index (χ3v) is 8.06. The van der Waals surface area contributed by atoms with Gasteiger partial charge in [-0.1, -0.05) is 149 Å². The molecular weight excluding hydrogens is 629 g/mol. The molecule has 1 unspecified atom stereocenters. The van der Waals surface area contributed by atoms with Crippen molar-refractivity contribution in [2.45, 2.75) is 92.1 Å². The van der Waals surface area contributed by atoms with E-state index in [0.717, 1.165) is 29.5 Å². The lowest BCUT2D eigenvalue weighted by Crippen LogP contribution is -2.24. The van der Waals surface area contributed by atoms with Crippen LogP contribution in [-0.4, -0.2) is 66.7 Å². The molecule has 2 saturated heterocycles. The molecule has 0 aromatic heterocycles. The summed E-state index contributed by atoms with van der Waals surface area (Å²) in [5.74, 6) is 0.293. The van der Waals surface area contributed by atoms with E-state index in [1.807, 2.05) is 129 Å². The van der Waals surface area contributed by atoms with Gasteiger partial charge in [-0.05, 0) is 111 Å². The number of Topliss-reactive ketones (excluding diaryl/α,β-unsaturated/α-hetero) is 2. The highest BCUT2D eigenvalue weighted by atomic mass is 16.3. The third-order valence-electron chi connectivity index (χ3n) is 8.06. The minimum atomic E-state index is -0.341. The number of aliphatic hydroxyl groups is 1. The molecule has 0 spiro atoms. The summed E-state index contributed by atoms with van der Waals surface area (Å²) in [6.07, 6.45) is 18.1. The quantitative estimate of drug-likeness (QED) is 0.275. The predicted octanol–water partition coefficient (Wildman–Crippen LogP) is 11.0. The van der Waals surface area contributed by atoms with Crippen LogP contribution in [0.25, 0.3) is 6.08 Å². The second-order valence-electron chi connectivity index (χ2n) is 12.5. The molecule has 1 atom stereocenters. The van der Waals surface area contributed by atoms with Gasteiger partial charge in [0, 0.05) is 11.1 Å². The highest BCUT2D eigenvalue weighted by Gasteiger charge is 2.03. The molecule has 2 aliphatic heterocycles. The zero-order valence-corrected chi connectivity index (χ0v) is 32.9. The standard InChI is InChI=1S/2C8H10O.C8H8O.C8H8.2C6H13N.C2H6/c3*1-7(9)8-5-3-2-4-6-8;1-2-8-6-4-3-5-7-8;2*1-7-5-3-2-4-6-7;1-2/h3,5-6H,2,4H2,1H3;2-7,9H,1H3;2-6H,1H3;2-7H,1H2;2*2-6H2,1H3;1-2H3. The average molecular weight is 697 g/mol. The Hall–Kier alpha value is -3.90. The predicted molar refractivity (Wildman–Crippen MR) is 221 cm³/mol. The topological polar surface area (TPSA) is 60.9 Å². The molecule has 51 heavy (non-hydrogen) atoms. The lowest BCUT2D eigenvalue weighted by molar-refractivity contribution is -0.113. The molecule has 6 rings (SSSR count). The molecule has 2 fully saturated rings. The highest BCUT2D eigenvalue weighted by molar-refractivity contribution is 5.96. The number of piperidine rings is 2. The van der Waals surface area contributed by atoms with Crippen molar-refractivity contribution in [3.05, 3.63) is 138 Å². The van der Waals surface area contributed by atoms with E-state index in [4.69, 9.17) is 5.11 Å². The van der Waals surface area contributed by atoms with Crippen molar-refractivity contribution < 1.29 is 14.7 Å². The summed E-state index contributed by atoms with van der Waals surface area (Å²) in [4.78, 5) is 26.1. The van der Waals surface area contributed by atoms with Gasteiger partial charge in [0.05, 0.1) is 6.10 Å². The van der Waals surface area contributed by atoms with E-state index in [-0.39, 0.29) is 17.7 Å². The van der Waals surface area contributed by atoms with Gasteiger partial charge in [0.2, 0.25) is 0 Å². The maximum atomic E-state index is 10.7. The van der Waals surface area contributed by atoms with Crippen LogP contribution in [0.2, 0.25) is 0 Å². The number of benzene rings is 3. The van der Waals surface area contributed by atoms with Crippen LogP contribution in [-0.2, 0) is 4.79 Å². The Morgan fingerprint density at radius 2 is 1.10 bits per heavy atom. The summed E-state index contributed by atoms with van der Waals surface area (Å²) in [6.45, 7) is 17.8. The minimum absolute atomic E-state index is 0.121. The zero-order chi connectivity index (χ0) is 38.1. The monoisotopic (exact) mass is 697 g/mol. The molecule has 3 aromatic carbocycles. The molecule has 0 radical (unpaired) electrons. The first-order valence-corrected chi connectivity index (χ1v) is 18.8. The number of nitrogens with zero attached hydrogens (tertiary/aromatic N) is 2. The van der Waals surface area contributed by atoms with Gasteiger partial charge < -0.3 is 14.9 Å². The van der Waals surface area contributed by atoms with Crippen LogP contribution in [0.15, 0.2) is 121 Å². The lowest BCUT2D eigenvalue weighted by atomic mass is 10.0. The van der Waals surface area contributed by atoms with Crippen molar-refractivity contribution in [1.29, 1.82) is 0 Å². The summed E-state index contributed by atoms with van der Waals surface area (Å²) in [7, 11) is 4.39. The Bertz CT molecular complexity index is 1310. The molecule has 3 aromatic rings. The van der Waals surface area contributed by atoms with E-state index < -0.39 is 0 Å². The first-order chi connectivity index (χ1) is 24.6. The molecule has 0 amide bonds. The van der Waals surface area contributed by atoms with E-state index in [2.05, 4.69) is 30.5 Å². The van der Waals surface area contributed by atoms with Crippen molar-refractivity contribution >= 4 is 17.6 Å². The number of allylic oxidation sites excluding steroid dienone is 4. The van der Waals surface area contributed by atoms with Gasteiger partial charge in [-0.15, -0.1) is 0 Å². The smallest absolute Gasteiger partial charge is 0.159 e. The average Bonchev–Trinajstić information content (AvgIpc) is 3.19. The third kappa shape index (κ3) is 26.6.